The minimum atomic E-state index is -0.382. The maximum absolute atomic E-state index is 14.0. The maximum atomic E-state index is 14.0. The molecule has 2 amide bonds. The number of fused-ring (bicyclic) bond motifs is 1. The third-order valence-corrected chi connectivity index (χ3v) is 8.81. The summed E-state index contributed by atoms with van der Waals surface area (Å²) in [4.78, 5) is 50.4. The van der Waals surface area contributed by atoms with Crippen LogP contribution >= 0.6 is 0 Å². The number of ketones is 1. The average molecular weight is 608 g/mol. The van der Waals surface area contributed by atoms with Crippen molar-refractivity contribution >= 4 is 39.9 Å². The van der Waals surface area contributed by atoms with Crippen molar-refractivity contribution in [2.45, 2.75) is 26.2 Å². The Hall–Kier alpha value is -4.47. The number of morpholine rings is 1. The fraction of sp³-hybridized carbons (Fsp3) is 0.361. The summed E-state index contributed by atoms with van der Waals surface area (Å²) in [5.41, 5.74) is 5.08. The van der Waals surface area contributed by atoms with Crippen molar-refractivity contribution in [2.24, 2.45) is 0 Å². The molecule has 2 N–H and O–H groups in total. The van der Waals surface area contributed by atoms with Crippen molar-refractivity contribution in [2.75, 3.05) is 69.7 Å². The van der Waals surface area contributed by atoms with Gasteiger partial charge in [0.25, 0.3) is 11.8 Å². The van der Waals surface area contributed by atoms with Gasteiger partial charge in [-0.3, -0.25) is 19.3 Å². The quantitative estimate of drug-likeness (QED) is 0.249. The van der Waals surface area contributed by atoms with Crippen molar-refractivity contribution in [1.82, 2.24) is 14.8 Å². The molecule has 0 bridgehead atoms. The molecule has 9 nitrogen and oxygen atoms in total. The molecule has 3 aromatic carbocycles. The number of H-pyrrole nitrogens is 1. The first-order valence-electron chi connectivity index (χ1n) is 15.9. The Morgan fingerprint density at radius 1 is 0.889 bits per heavy atom. The van der Waals surface area contributed by atoms with E-state index >= 15 is 0 Å². The molecule has 1 aromatic heterocycles. The zero-order valence-corrected chi connectivity index (χ0v) is 26.1. The lowest BCUT2D eigenvalue weighted by Gasteiger charge is -2.29. The van der Waals surface area contributed by atoms with Gasteiger partial charge in [-0.2, -0.15) is 0 Å². The van der Waals surface area contributed by atoms with Gasteiger partial charge in [0, 0.05) is 79.6 Å². The summed E-state index contributed by atoms with van der Waals surface area (Å²) in [6, 6.07) is 20.3. The number of aryl methyl sites for hydroxylation is 1. The number of aromatic nitrogens is 1. The fourth-order valence-electron chi connectivity index (χ4n) is 6.11. The van der Waals surface area contributed by atoms with Crippen LogP contribution in [0.3, 0.4) is 0 Å². The third kappa shape index (κ3) is 7.10. The Morgan fingerprint density at radius 2 is 1.67 bits per heavy atom. The van der Waals surface area contributed by atoms with Crippen molar-refractivity contribution in [3.8, 4) is 0 Å². The van der Waals surface area contributed by atoms with Crippen molar-refractivity contribution in [3.63, 3.8) is 0 Å². The molecule has 2 fully saturated rings. The molecule has 2 saturated heterocycles. The summed E-state index contributed by atoms with van der Waals surface area (Å²) in [6.07, 6.45) is 3.43. The molecular weight excluding hydrogens is 566 g/mol. The second kappa shape index (κ2) is 13.7. The highest BCUT2D eigenvalue weighted by Gasteiger charge is 2.22. The van der Waals surface area contributed by atoms with E-state index in [0.29, 0.717) is 47.8 Å². The highest BCUT2D eigenvalue weighted by Crippen LogP contribution is 2.29. The van der Waals surface area contributed by atoms with Crippen LogP contribution in [0.5, 0.6) is 0 Å². The van der Waals surface area contributed by atoms with Crippen molar-refractivity contribution in [3.05, 3.63) is 94.7 Å². The van der Waals surface area contributed by atoms with Crippen LogP contribution in [0.4, 0.5) is 11.4 Å². The lowest BCUT2D eigenvalue weighted by atomic mass is 10.0. The smallest absolute Gasteiger partial charge is 0.255 e. The van der Waals surface area contributed by atoms with Gasteiger partial charge in [0.1, 0.15) is 0 Å². The first-order valence-corrected chi connectivity index (χ1v) is 15.9. The predicted octanol–water partition coefficient (Wildman–Crippen LogP) is 5.35. The second-order valence-electron chi connectivity index (χ2n) is 12.1. The number of carbonyl (C=O) groups is 3. The molecule has 234 valence electrons. The van der Waals surface area contributed by atoms with Crippen molar-refractivity contribution < 1.29 is 19.1 Å². The lowest BCUT2D eigenvalue weighted by molar-refractivity contribution is 0.0338. The minimum absolute atomic E-state index is 0.145. The molecule has 9 heteroatoms. The molecule has 0 unspecified atom stereocenters. The molecular formula is C36H41N5O4. The fourth-order valence-corrected chi connectivity index (χ4v) is 6.11. The van der Waals surface area contributed by atoms with Crippen LogP contribution in [-0.2, 0) is 4.74 Å². The van der Waals surface area contributed by atoms with Gasteiger partial charge in [0.2, 0.25) is 5.78 Å². The molecule has 3 heterocycles. The molecule has 6 rings (SSSR count). The van der Waals surface area contributed by atoms with Crippen LogP contribution in [0, 0.1) is 6.92 Å². The minimum Gasteiger partial charge on any atom is -0.379 e. The molecule has 2 aliphatic rings. The number of nitrogens with zero attached hydrogens (tertiary/aromatic N) is 3. The number of benzene rings is 3. The lowest BCUT2D eigenvalue weighted by Crippen LogP contribution is -2.41. The summed E-state index contributed by atoms with van der Waals surface area (Å²) in [7, 11) is 1.78. The van der Waals surface area contributed by atoms with Crippen LogP contribution < -0.4 is 10.2 Å². The topological polar surface area (TPSA) is 98.0 Å². The van der Waals surface area contributed by atoms with Gasteiger partial charge in [0.15, 0.2) is 0 Å². The van der Waals surface area contributed by atoms with Gasteiger partial charge >= 0.3 is 0 Å². The number of piperidine rings is 1. The zero-order chi connectivity index (χ0) is 31.3. The average Bonchev–Trinajstić information content (AvgIpc) is 3.51. The van der Waals surface area contributed by atoms with Gasteiger partial charge in [-0.25, -0.2) is 0 Å². The summed E-state index contributed by atoms with van der Waals surface area (Å²) in [5.74, 6) is -0.717. The Labute approximate surface area is 264 Å². The predicted molar refractivity (Wildman–Crippen MR) is 178 cm³/mol. The van der Waals surface area contributed by atoms with E-state index in [2.05, 4.69) is 20.1 Å². The number of hydrogen-bond donors (Lipinski definition) is 2. The Kier molecular flexibility index (Phi) is 9.28. The highest BCUT2D eigenvalue weighted by molar-refractivity contribution is 6.16. The number of aromatic amines is 1. The summed E-state index contributed by atoms with van der Waals surface area (Å²) in [5, 5.41) is 3.94. The summed E-state index contributed by atoms with van der Waals surface area (Å²) < 4.78 is 5.41. The van der Waals surface area contributed by atoms with E-state index in [9.17, 15) is 14.4 Å². The number of amides is 2. The molecule has 0 saturated carbocycles. The first kappa shape index (κ1) is 30.6. The third-order valence-electron chi connectivity index (χ3n) is 8.81. The molecule has 0 radical (unpaired) electrons. The van der Waals surface area contributed by atoms with Crippen LogP contribution in [0.2, 0.25) is 0 Å². The van der Waals surface area contributed by atoms with Gasteiger partial charge < -0.3 is 24.8 Å². The van der Waals surface area contributed by atoms with Gasteiger partial charge in [-0.15, -0.1) is 0 Å². The van der Waals surface area contributed by atoms with Crippen molar-refractivity contribution in [1.29, 1.82) is 0 Å². The Bertz CT molecular complexity index is 1700. The number of nitrogens with one attached hydrogen (secondary N) is 2. The molecule has 2 aliphatic heterocycles. The van der Waals surface area contributed by atoms with Crippen LogP contribution in [0.25, 0.3) is 10.9 Å². The maximum Gasteiger partial charge on any atom is 0.255 e. The number of rotatable bonds is 9. The van der Waals surface area contributed by atoms with Gasteiger partial charge in [0.05, 0.1) is 24.6 Å². The first-order chi connectivity index (χ1) is 21.9. The number of carbonyl (C=O) groups excluding carboxylic acids is 3. The van der Waals surface area contributed by atoms with E-state index in [-0.39, 0.29) is 17.6 Å². The van der Waals surface area contributed by atoms with E-state index in [1.807, 2.05) is 49.4 Å². The summed E-state index contributed by atoms with van der Waals surface area (Å²) in [6.45, 7) is 8.39. The normalized spacial score (nSPS) is 15.6. The second-order valence-corrected chi connectivity index (χ2v) is 12.1. The van der Waals surface area contributed by atoms with Crippen LogP contribution in [0.1, 0.15) is 61.6 Å². The number of hydrogen-bond acceptors (Lipinski definition) is 6. The number of ether oxygens (including phenoxy) is 1. The Balaban J connectivity index is 1.23. The van der Waals surface area contributed by atoms with E-state index < -0.39 is 0 Å². The van der Waals surface area contributed by atoms with Crippen LogP contribution in [0.15, 0.2) is 66.7 Å². The largest absolute Gasteiger partial charge is 0.379 e. The SMILES string of the molecule is Cc1ccc2cc(C(=O)c3cc(N4CCCCC4)ccc3NC(=O)c3cccc(C(=O)N(C)CCN4CCOCC4)c3)[nH]c2c1. The molecule has 0 spiro atoms. The molecule has 4 aromatic rings. The molecule has 45 heavy (non-hydrogen) atoms. The van der Waals surface area contributed by atoms with Gasteiger partial charge in [-0.1, -0.05) is 18.2 Å². The van der Waals surface area contributed by atoms with Gasteiger partial charge in [-0.05, 0) is 80.3 Å². The van der Waals surface area contributed by atoms with Crippen LogP contribution in [-0.4, -0.2) is 91.9 Å². The Morgan fingerprint density at radius 3 is 2.47 bits per heavy atom. The van der Waals surface area contributed by atoms with E-state index in [4.69, 9.17) is 4.74 Å². The monoisotopic (exact) mass is 607 g/mol. The highest BCUT2D eigenvalue weighted by atomic mass is 16.5. The molecule has 0 aliphatic carbocycles. The van der Waals surface area contributed by atoms with E-state index in [1.165, 1.54) is 6.42 Å². The standard InChI is InChI=1S/C36H41N5O4/c1-25-9-10-26-23-33(37-32(26)21-25)34(42)30-24-29(41-13-4-3-5-14-41)11-12-31(30)38-35(43)27-7-6-8-28(22-27)36(44)39(2)15-16-40-17-19-45-20-18-40/h6-12,21-24,37H,3-5,13-20H2,1-2H3,(H,38,43). The molecule has 0 atom stereocenters. The summed E-state index contributed by atoms with van der Waals surface area (Å²) >= 11 is 0. The zero-order valence-electron chi connectivity index (χ0n) is 26.1. The van der Waals surface area contributed by atoms with E-state index in [0.717, 1.165) is 67.7 Å². The number of likely N-dealkylation sites (N-methyl/N-ethyl adjacent to an activating group) is 1. The number of anilines is 2. The van der Waals surface area contributed by atoms with E-state index in [1.54, 1.807) is 36.2 Å².